The summed E-state index contributed by atoms with van der Waals surface area (Å²) < 4.78 is 39.0. The number of anilines is 1. The molecule has 156 valence electrons. The summed E-state index contributed by atoms with van der Waals surface area (Å²) in [6.07, 6.45) is 1.69. The number of rotatable bonds is 6. The van der Waals surface area contributed by atoms with Gasteiger partial charge in [-0.1, -0.05) is 36.4 Å². The fraction of sp³-hybridized carbons (Fsp3) is 0.0455. The van der Waals surface area contributed by atoms with Crippen molar-refractivity contribution in [2.45, 2.75) is 11.5 Å². The van der Waals surface area contributed by atoms with E-state index in [1.54, 1.807) is 54.7 Å². The summed E-state index contributed by atoms with van der Waals surface area (Å²) in [6, 6.07) is 20.3. The summed E-state index contributed by atoms with van der Waals surface area (Å²) in [5.41, 5.74) is 7.84. The van der Waals surface area contributed by atoms with Gasteiger partial charge in [-0.05, 0) is 30.3 Å². The molecule has 0 aliphatic rings. The molecule has 0 saturated carbocycles. The topological polar surface area (TPSA) is 127 Å². The van der Waals surface area contributed by atoms with E-state index in [1.807, 2.05) is 18.2 Å². The van der Waals surface area contributed by atoms with E-state index < -0.39 is 10.1 Å². The fourth-order valence-corrected chi connectivity index (χ4v) is 3.75. The second kappa shape index (κ2) is 8.50. The Balaban J connectivity index is 1.64. The van der Waals surface area contributed by atoms with Crippen LogP contribution in [0.5, 0.6) is 5.75 Å². The number of ether oxygens (including phenoxy) is 1. The third-order valence-corrected chi connectivity index (χ3v) is 5.40. The number of nitrogen functional groups attached to an aromatic ring is 1. The Bertz CT molecular complexity index is 1370. The fourth-order valence-electron chi connectivity index (χ4n) is 3.03. The molecule has 4 rings (SSSR count). The summed E-state index contributed by atoms with van der Waals surface area (Å²) in [7, 11) is -4.48. The predicted octanol–water partition coefficient (Wildman–Crippen LogP) is 5.06. The molecular weight excluding hydrogens is 416 g/mol. The van der Waals surface area contributed by atoms with Crippen LogP contribution < -0.4 is 10.5 Å². The average Bonchev–Trinajstić information content (AvgIpc) is 2.77. The van der Waals surface area contributed by atoms with Gasteiger partial charge in [-0.25, -0.2) is 0 Å². The molecule has 0 aliphatic heterocycles. The van der Waals surface area contributed by atoms with Gasteiger partial charge in [0.1, 0.15) is 22.9 Å². The Morgan fingerprint density at radius 2 is 1.71 bits per heavy atom. The molecule has 0 fully saturated rings. The summed E-state index contributed by atoms with van der Waals surface area (Å²) in [4.78, 5) is 3.93. The second-order valence-electron chi connectivity index (χ2n) is 6.64. The van der Waals surface area contributed by atoms with E-state index in [0.717, 1.165) is 5.69 Å². The van der Waals surface area contributed by atoms with Crippen LogP contribution in [0.4, 0.5) is 17.1 Å². The number of hydrogen-bond donors (Lipinski definition) is 2. The van der Waals surface area contributed by atoms with Gasteiger partial charge in [0.15, 0.2) is 0 Å². The molecule has 0 amide bonds. The highest BCUT2D eigenvalue weighted by atomic mass is 32.2. The second-order valence-corrected chi connectivity index (χ2v) is 8.03. The van der Waals surface area contributed by atoms with Gasteiger partial charge in [0.25, 0.3) is 10.1 Å². The van der Waals surface area contributed by atoms with Crippen molar-refractivity contribution in [3.05, 3.63) is 84.7 Å². The first-order chi connectivity index (χ1) is 14.9. The van der Waals surface area contributed by atoms with Crippen molar-refractivity contribution >= 4 is 38.0 Å². The molecule has 0 saturated heterocycles. The van der Waals surface area contributed by atoms with Crippen LogP contribution in [0, 0.1) is 0 Å². The molecule has 3 aromatic carbocycles. The molecule has 0 aliphatic carbocycles. The molecule has 3 N–H and O–H groups in total. The van der Waals surface area contributed by atoms with Gasteiger partial charge in [0.2, 0.25) is 0 Å². The summed E-state index contributed by atoms with van der Waals surface area (Å²) >= 11 is 0. The number of nitrogens with zero attached hydrogens (tertiary/aromatic N) is 3. The molecule has 31 heavy (non-hydrogen) atoms. The van der Waals surface area contributed by atoms with Crippen molar-refractivity contribution in [2.75, 3.05) is 5.73 Å². The Kier molecular flexibility index (Phi) is 5.61. The Labute approximate surface area is 178 Å². The molecule has 4 aromatic rings. The predicted molar refractivity (Wildman–Crippen MR) is 117 cm³/mol. The van der Waals surface area contributed by atoms with Crippen molar-refractivity contribution < 1.29 is 17.7 Å². The lowest BCUT2D eigenvalue weighted by Gasteiger charge is -2.09. The van der Waals surface area contributed by atoms with E-state index in [9.17, 15) is 13.0 Å². The molecule has 0 radical (unpaired) electrons. The first-order valence-electron chi connectivity index (χ1n) is 9.25. The molecule has 0 atom stereocenters. The van der Waals surface area contributed by atoms with Crippen molar-refractivity contribution in [3.63, 3.8) is 0 Å². The zero-order valence-corrected chi connectivity index (χ0v) is 17.0. The summed E-state index contributed by atoms with van der Waals surface area (Å²) in [6.45, 7) is 0.302. The van der Waals surface area contributed by atoms with Crippen LogP contribution in [0.25, 0.3) is 10.8 Å². The van der Waals surface area contributed by atoms with Gasteiger partial charge in [-0.3, -0.25) is 9.54 Å². The third-order valence-electron chi connectivity index (χ3n) is 4.51. The van der Waals surface area contributed by atoms with Gasteiger partial charge >= 0.3 is 0 Å². The minimum absolute atomic E-state index is 0.131. The Morgan fingerprint density at radius 1 is 0.935 bits per heavy atom. The number of hydrogen-bond acceptors (Lipinski definition) is 7. The van der Waals surface area contributed by atoms with E-state index in [4.69, 9.17) is 10.5 Å². The largest absolute Gasteiger partial charge is 0.487 e. The molecule has 0 spiro atoms. The molecule has 9 heteroatoms. The smallest absolute Gasteiger partial charge is 0.295 e. The molecular formula is C22H18N4O4S. The van der Waals surface area contributed by atoms with Gasteiger partial charge in [-0.15, -0.1) is 5.11 Å². The van der Waals surface area contributed by atoms with Crippen LogP contribution in [0.15, 0.2) is 94.1 Å². The van der Waals surface area contributed by atoms with Gasteiger partial charge < -0.3 is 10.5 Å². The molecule has 1 aromatic heterocycles. The van der Waals surface area contributed by atoms with Crippen LogP contribution in [0.2, 0.25) is 0 Å². The lowest BCUT2D eigenvalue weighted by molar-refractivity contribution is 0.301. The minimum Gasteiger partial charge on any atom is -0.487 e. The zero-order chi connectivity index (χ0) is 21.8. The van der Waals surface area contributed by atoms with E-state index >= 15 is 0 Å². The van der Waals surface area contributed by atoms with Crippen LogP contribution in [0.1, 0.15) is 5.69 Å². The van der Waals surface area contributed by atoms with Gasteiger partial charge in [0, 0.05) is 23.0 Å². The zero-order valence-electron chi connectivity index (χ0n) is 16.2. The van der Waals surface area contributed by atoms with Crippen molar-refractivity contribution in [1.29, 1.82) is 0 Å². The van der Waals surface area contributed by atoms with Crippen molar-refractivity contribution in [3.8, 4) is 5.75 Å². The number of azo groups is 1. The maximum Gasteiger partial charge on any atom is 0.295 e. The maximum absolute atomic E-state index is 11.8. The summed E-state index contributed by atoms with van der Waals surface area (Å²) in [5, 5.41) is 9.04. The number of benzene rings is 3. The number of aromatic nitrogens is 1. The van der Waals surface area contributed by atoms with Crippen LogP contribution in [-0.2, 0) is 16.7 Å². The van der Waals surface area contributed by atoms with Crippen LogP contribution in [0.3, 0.4) is 0 Å². The highest BCUT2D eigenvalue weighted by Crippen LogP contribution is 2.36. The van der Waals surface area contributed by atoms with Crippen molar-refractivity contribution in [1.82, 2.24) is 4.98 Å². The van der Waals surface area contributed by atoms with E-state index in [-0.39, 0.29) is 16.3 Å². The average molecular weight is 434 g/mol. The maximum atomic E-state index is 11.8. The van der Waals surface area contributed by atoms with E-state index in [2.05, 4.69) is 15.2 Å². The van der Waals surface area contributed by atoms with Crippen molar-refractivity contribution in [2.24, 2.45) is 10.2 Å². The monoisotopic (exact) mass is 434 g/mol. The molecule has 0 unspecified atom stereocenters. The molecule has 0 bridgehead atoms. The number of fused-ring (bicyclic) bond motifs is 1. The van der Waals surface area contributed by atoms with E-state index in [1.165, 1.54) is 6.07 Å². The normalized spacial score (nSPS) is 11.8. The van der Waals surface area contributed by atoms with Gasteiger partial charge in [0.05, 0.1) is 17.1 Å². The first kappa shape index (κ1) is 20.5. The summed E-state index contributed by atoms with van der Waals surface area (Å²) in [5.74, 6) is 0.576. The lowest BCUT2D eigenvalue weighted by Crippen LogP contribution is -2.01. The van der Waals surface area contributed by atoms with Crippen LogP contribution in [-0.4, -0.2) is 18.0 Å². The number of pyridine rings is 1. The highest BCUT2D eigenvalue weighted by Gasteiger charge is 2.18. The van der Waals surface area contributed by atoms with Gasteiger partial charge in [-0.2, -0.15) is 13.5 Å². The first-order valence-corrected chi connectivity index (χ1v) is 10.7. The Hall–Kier alpha value is -3.82. The molecule has 8 nitrogen and oxygen atoms in total. The SMILES string of the molecule is Nc1c(N=Nc2cccc(OCc3ccccn3)c2)cc(S(=O)(=O)O)c2ccccc12. The Morgan fingerprint density at radius 3 is 2.45 bits per heavy atom. The van der Waals surface area contributed by atoms with Crippen LogP contribution >= 0.6 is 0 Å². The highest BCUT2D eigenvalue weighted by molar-refractivity contribution is 7.86. The standard InChI is InChI=1S/C22H18N4O4S/c23-22-19-10-2-1-9-18(19)21(31(27,28)29)13-20(22)26-25-15-7-5-8-17(12-15)30-14-16-6-3-4-11-24-16/h1-13H,14,23H2,(H,27,28,29). The minimum atomic E-state index is -4.48. The quantitative estimate of drug-likeness (QED) is 0.248. The number of nitrogens with two attached hydrogens (primary N) is 1. The molecule has 1 heterocycles. The third kappa shape index (κ3) is 4.68. The lowest BCUT2D eigenvalue weighted by atomic mass is 10.1. The van der Waals surface area contributed by atoms with E-state index in [0.29, 0.717) is 28.8 Å².